The molecule has 10 heteroatoms. The van der Waals surface area contributed by atoms with E-state index >= 15 is 0 Å². The molecule has 2 aromatic rings. The van der Waals surface area contributed by atoms with E-state index in [0.717, 1.165) is 0 Å². The summed E-state index contributed by atoms with van der Waals surface area (Å²) in [5.41, 5.74) is 0.960. The third-order valence-corrected chi connectivity index (χ3v) is 5.08. The quantitative estimate of drug-likeness (QED) is 0.873. The molecule has 26 heavy (non-hydrogen) atoms. The maximum atomic E-state index is 14.8. The van der Waals surface area contributed by atoms with Gasteiger partial charge in [-0.1, -0.05) is 11.6 Å². The van der Waals surface area contributed by atoms with Crippen LogP contribution in [-0.2, 0) is 9.59 Å². The summed E-state index contributed by atoms with van der Waals surface area (Å²) in [5, 5.41) is 20.1. The molecule has 1 saturated heterocycles. The molecule has 134 valence electrons. The third kappa shape index (κ3) is 2.55. The number of aliphatic carboxylic acids is 1. The molecule has 3 heterocycles. The van der Waals surface area contributed by atoms with Crippen molar-refractivity contribution in [1.29, 1.82) is 0 Å². The van der Waals surface area contributed by atoms with Crippen molar-refractivity contribution in [2.75, 3.05) is 0 Å². The summed E-state index contributed by atoms with van der Waals surface area (Å²) < 4.78 is 16.1. The van der Waals surface area contributed by atoms with Crippen LogP contribution in [0, 0.1) is 5.82 Å². The first kappa shape index (κ1) is 16.6. The minimum Gasteiger partial charge on any atom is -0.480 e. The van der Waals surface area contributed by atoms with E-state index in [-0.39, 0.29) is 16.6 Å². The number of aromatic nitrogens is 4. The van der Waals surface area contributed by atoms with Crippen molar-refractivity contribution in [3.63, 3.8) is 0 Å². The number of halogens is 2. The summed E-state index contributed by atoms with van der Waals surface area (Å²) in [5.74, 6) is -2.14. The molecule has 0 aliphatic carbocycles. The van der Waals surface area contributed by atoms with Crippen molar-refractivity contribution in [2.24, 2.45) is 0 Å². The lowest BCUT2D eigenvalue weighted by Crippen LogP contribution is -2.46. The summed E-state index contributed by atoms with van der Waals surface area (Å²) in [6.07, 6.45) is 3.86. The van der Waals surface area contributed by atoms with Gasteiger partial charge in [0.25, 0.3) is 0 Å². The first-order valence-electron chi connectivity index (χ1n) is 7.94. The molecule has 2 aliphatic rings. The second-order valence-corrected chi connectivity index (χ2v) is 6.62. The van der Waals surface area contributed by atoms with Crippen LogP contribution in [0.15, 0.2) is 24.5 Å². The molecule has 1 N–H and O–H groups in total. The van der Waals surface area contributed by atoms with E-state index in [2.05, 4.69) is 15.5 Å². The number of carboxylic acid groups (broad SMARTS) is 1. The number of fused-ring (bicyclic) bond motifs is 1. The van der Waals surface area contributed by atoms with Gasteiger partial charge < -0.3 is 10.0 Å². The van der Waals surface area contributed by atoms with E-state index in [0.29, 0.717) is 30.5 Å². The summed E-state index contributed by atoms with van der Waals surface area (Å²) in [6.45, 7) is 0. The Labute approximate surface area is 151 Å². The zero-order chi connectivity index (χ0) is 18.4. The average molecular weight is 378 g/mol. The molecule has 1 amide bonds. The Bertz CT molecular complexity index is 930. The summed E-state index contributed by atoms with van der Waals surface area (Å²) in [7, 11) is 0. The molecule has 1 aromatic heterocycles. The summed E-state index contributed by atoms with van der Waals surface area (Å²) in [4.78, 5) is 25.3. The molecule has 1 fully saturated rings. The van der Waals surface area contributed by atoms with Gasteiger partial charge in [0.15, 0.2) is 5.82 Å². The van der Waals surface area contributed by atoms with Crippen LogP contribution in [-0.4, -0.2) is 54.2 Å². The molecule has 4 rings (SSSR count). The summed E-state index contributed by atoms with van der Waals surface area (Å²) in [6, 6.07) is 1.84. The maximum Gasteiger partial charge on any atom is 0.326 e. The Kier molecular flexibility index (Phi) is 3.95. The van der Waals surface area contributed by atoms with Gasteiger partial charge in [-0.25, -0.2) is 9.18 Å². The zero-order valence-corrected chi connectivity index (χ0v) is 14.1. The van der Waals surface area contributed by atoms with E-state index in [9.17, 15) is 19.1 Å². The number of nitrogens with zero attached hydrogens (tertiary/aromatic N) is 5. The van der Waals surface area contributed by atoms with Crippen LogP contribution in [0.5, 0.6) is 0 Å². The number of amides is 1. The standard InChI is InChI=1S/C16H13ClFN5O3/c17-10-2-4-11(22-7-19-20-21-22)14(15(10)18)8-5-9-1-3-12(16(25)26)23(9)13(24)6-8/h2,4,6-7,9,12H,1,3,5H2,(H,25,26). The summed E-state index contributed by atoms with van der Waals surface area (Å²) >= 11 is 5.94. The Hall–Kier alpha value is -2.81. The number of carbonyl (C=O) groups excluding carboxylic acids is 1. The molecule has 2 atom stereocenters. The molecule has 0 bridgehead atoms. The molecule has 1 aromatic carbocycles. The predicted molar refractivity (Wildman–Crippen MR) is 88.0 cm³/mol. The number of benzene rings is 1. The second kappa shape index (κ2) is 6.17. The van der Waals surface area contributed by atoms with E-state index in [4.69, 9.17) is 11.6 Å². The molecular formula is C16H13ClFN5O3. The van der Waals surface area contributed by atoms with E-state index in [1.807, 2.05) is 0 Å². The molecule has 2 unspecified atom stereocenters. The first-order chi connectivity index (χ1) is 12.5. The highest BCUT2D eigenvalue weighted by atomic mass is 35.5. The van der Waals surface area contributed by atoms with Gasteiger partial charge in [0.2, 0.25) is 5.91 Å². The Morgan fingerprint density at radius 3 is 2.85 bits per heavy atom. The lowest BCUT2D eigenvalue weighted by molar-refractivity contribution is -0.147. The monoisotopic (exact) mass is 377 g/mol. The van der Waals surface area contributed by atoms with Crippen LogP contribution < -0.4 is 0 Å². The van der Waals surface area contributed by atoms with E-state index in [1.165, 1.54) is 28.1 Å². The number of tetrazole rings is 1. The van der Waals surface area contributed by atoms with Crippen LogP contribution in [0.25, 0.3) is 11.3 Å². The Morgan fingerprint density at radius 1 is 1.35 bits per heavy atom. The fraction of sp³-hybridized carbons (Fsp3) is 0.312. The number of rotatable bonds is 3. The molecule has 2 aliphatic heterocycles. The zero-order valence-electron chi connectivity index (χ0n) is 13.3. The minimum atomic E-state index is -1.03. The molecule has 0 radical (unpaired) electrons. The van der Waals surface area contributed by atoms with E-state index in [1.54, 1.807) is 6.07 Å². The Balaban J connectivity index is 1.81. The highest BCUT2D eigenvalue weighted by Crippen LogP contribution is 2.39. The van der Waals surface area contributed by atoms with Crippen molar-refractivity contribution in [2.45, 2.75) is 31.3 Å². The fourth-order valence-corrected chi connectivity index (χ4v) is 3.84. The number of hydrogen-bond acceptors (Lipinski definition) is 5. The highest BCUT2D eigenvalue weighted by molar-refractivity contribution is 6.31. The lowest BCUT2D eigenvalue weighted by Gasteiger charge is -2.32. The van der Waals surface area contributed by atoms with Crippen LogP contribution in [0.2, 0.25) is 5.02 Å². The fourth-order valence-electron chi connectivity index (χ4n) is 3.68. The molecule has 0 spiro atoms. The van der Waals surface area contributed by atoms with Crippen molar-refractivity contribution in [3.05, 3.63) is 40.9 Å². The van der Waals surface area contributed by atoms with Crippen LogP contribution >= 0.6 is 11.6 Å². The highest BCUT2D eigenvalue weighted by Gasteiger charge is 2.43. The van der Waals surface area contributed by atoms with Crippen LogP contribution in [0.1, 0.15) is 24.8 Å². The molecular weight excluding hydrogens is 365 g/mol. The number of carbonyl (C=O) groups is 2. The SMILES string of the molecule is O=C(O)C1CCC2CC(c3c(-n4cnnn4)ccc(Cl)c3F)=CC(=O)N21. The number of carboxylic acids is 1. The largest absolute Gasteiger partial charge is 0.480 e. The topological polar surface area (TPSA) is 101 Å². The van der Waals surface area contributed by atoms with Gasteiger partial charge in [-0.2, -0.15) is 4.68 Å². The van der Waals surface area contributed by atoms with Crippen LogP contribution in [0.3, 0.4) is 0 Å². The van der Waals surface area contributed by atoms with Gasteiger partial charge in [-0.3, -0.25) is 4.79 Å². The van der Waals surface area contributed by atoms with Crippen molar-refractivity contribution >= 4 is 29.1 Å². The van der Waals surface area contributed by atoms with Gasteiger partial charge in [0, 0.05) is 17.7 Å². The smallest absolute Gasteiger partial charge is 0.326 e. The van der Waals surface area contributed by atoms with E-state index < -0.39 is 23.7 Å². The van der Waals surface area contributed by atoms with Crippen molar-refractivity contribution < 1.29 is 19.1 Å². The normalized spacial score (nSPS) is 22.3. The molecule has 8 nitrogen and oxygen atoms in total. The van der Waals surface area contributed by atoms with Crippen molar-refractivity contribution in [1.82, 2.24) is 25.1 Å². The molecule has 0 saturated carbocycles. The third-order valence-electron chi connectivity index (χ3n) is 4.79. The van der Waals surface area contributed by atoms with Crippen LogP contribution in [0.4, 0.5) is 4.39 Å². The van der Waals surface area contributed by atoms with Gasteiger partial charge in [-0.05, 0) is 47.4 Å². The number of hydrogen-bond donors (Lipinski definition) is 1. The van der Waals surface area contributed by atoms with Crippen molar-refractivity contribution in [3.8, 4) is 5.69 Å². The minimum absolute atomic E-state index is 0.0811. The maximum absolute atomic E-state index is 14.8. The van der Waals surface area contributed by atoms with Gasteiger partial charge in [0.1, 0.15) is 12.4 Å². The lowest BCUT2D eigenvalue weighted by atomic mass is 9.92. The van der Waals surface area contributed by atoms with Gasteiger partial charge >= 0.3 is 5.97 Å². The average Bonchev–Trinajstić information content (AvgIpc) is 3.26. The Morgan fingerprint density at radius 2 is 2.15 bits per heavy atom. The van der Waals surface area contributed by atoms with Gasteiger partial charge in [0.05, 0.1) is 10.7 Å². The van der Waals surface area contributed by atoms with Gasteiger partial charge in [-0.15, -0.1) is 5.10 Å². The predicted octanol–water partition coefficient (Wildman–Crippen LogP) is 1.69. The second-order valence-electron chi connectivity index (χ2n) is 6.21. The first-order valence-corrected chi connectivity index (χ1v) is 8.32.